The Kier molecular flexibility index (Phi) is 7.76. The largest absolute Gasteiger partial charge is 0.507 e. The summed E-state index contributed by atoms with van der Waals surface area (Å²) in [5.74, 6) is -0.889. The minimum absolute atomic E-state index is 0.0576. The number of benzene rings is 3. The van der Waals surface area contributed by atoms with Crippen molar-refractivity contribution >= 4 is 23.1 Å². The SMILES string of the molecule is CCOc1cc(C2/C(=C(/O)c3cccc(OC(C)C)c3)C(=O)C(=O)N2c2ccc(C(C)C)cc2)ccc1O. The molecule has 1 atom stereocenters. The van der Waals surface area contributed by atoms with Crippen LogP contribution in [-0.4, -0.2) is 34.6 Å². The molecule has 1 amide bonds. The molecule has 0 aromatic heterocycles. The smallest absolute Gasteiger partial charge is 0.300 e. The van der Waals surface area contributed by atoms with Gasteiger partial charge in [-0.05, 0) is 74.2 Å². The number of Topliss-reactive ketones (excluding diaryl/α,β-unsaturated/α-hetero) is 1. The summed E-state index contributed by atoms with van der Waals surface area (Å²) in [5.41, 5.74) is 2.41. The van der Waals surface area contributed by atoms with Crippen LogP contribution in [0.1, 0.15) is 63.3 Å². The molecule has 2 N–H and O–H groups in total. The summed E-state index contributed by atoms with van der Waals surface area (Å²) in [7, 11) is 0. The van der Waals surface area contributed by atoms with Crippen molar-refractivity contribution in [2.24, 2.45) is 0 Å². The third kappa shape index (κ3) is 5.23. The lowest BCUT2D eigenvalue weighted by atomic mass is 9.94. The van der Waals surface area contributed by atoms with Gasteiger partial charge in [0.1, 0.15) is 11.5 Å². The van der Waals surface area contributed by atoms with Gasteiger partial charge in [-0.1, -0.05) is 44.2 Å². The fourth-order valence-electron chi connectivity index (χ4n) is 4.55. The van der Waals surface area contributed by atoms with Crippen LogP contribution in [0.3, 0.4) is 0 Å². The molecule has 0 radical (unpaired) electrons. The van der Waals surface area contributed by atoms with Gasteiger partial charge in [0.15, 0.2) is 11.5 Å². The normalized spacial score (nSPS) is 16.9. The van der Waals surface area contributed by atoms with Gasteiger partial charge < -0.3 is 19.7 Å². The van der Waals surface area contributed by atoms with Gasteiger partial charge in [0.05, 0.1) is 24.3 Å². The molecule has 0 spiro atoms. The minimum atomic E-state index is -0.950. The number of ether oxygens (including phenoxy) is 2. The second kappa shape index (κ2) is 11.0. The monoisotopic (exact) mass is 515 g/mol. The number of anilines is 1. The third-order valence-electron chi connectivity index (χ3n) is 6.36. The summed E-state index contributed by atoms with van der Waals surface area (Å²) in [6, 6.07) is 17.9. The molecule has 0 saturated carbocycles. The number of carbonyl (C=O) groups is 2. The number of carbonyl (C=O) groups excluding carboxylic acids is 2. The highest BCUT2D eigenvalue weighted by Gasteiger charge is 2.47. The van der Waals surface area contributed by atoms with Crippen molar-refractivity contribution in [3.63, 3.8) is 0 Å². The summed E-state index contributed by atoms with van der Waals surface area (Å²) >= 11 is 0. The molecule has 1 fully saturated rings. The van der Waals surface area contributed by atoms with Gasteiger partial charge in [-0.2, -0.15) is 0 Å². The number of hydrogen-bond donors (Lipinski definition) is 2. The predicted molar refractivity (Wildman–Crippen MR) is 147 cm³/mol. The van der Waals surface area contributed by atoms with E-state index in [-0.39, 0.29) is 28.9 Å². The van der Waals surface area contributed by atoms with Gasteiger partial charge in [0.2, 0.25) is 0 Å². The van der Waals surface area contributed by atoms with Gasteiger partial charge >= 0.3 is 0 Å². The maximum Gasteiger partial charge on any atom is 0.300 e. The van der Waals surface area contributed by atoms with Crippen LogP contribution < -0.4 is 14.4 Å². The van der Waals surface area contributed by atoms with Crippen LogP contribution in [0.4, 0.5) is 5.69 Å². The Morgan fingerprint density at radius 3 is 2.32 bits per heavy atom. The van der Waals surface area contributed by atoms with Crippen LogP contribution in [0.25, 0.3) is 5.76 Å². The third-order valence-corrected chi connectivity index (χ3v) is 6.36. The average molecular weight is 516 g/mol. The summed E-state index contributed by atoms with van der Waals surface area (Å²) in [6.45, 7) is 10.0. The lowest BCUT2D eigenvalue weighted by molar-refractivity contribution is -0.132. The first-order valence-corrected chi connectivity index (χ1v) is 12.8. The fourth-order valence-corrected chi connectivity index (χ4v) is 4.55. The Labute approximate surface area is 222 Å². The van der Waals surface area contributed by atoms with E-state index in [4.69, 9.17) is 9.47 Å². The summed E-state index contributed by atoms with van der Waals surface area (Å²) in [5, 5.41) is 21.7. The standard InChI is InChI=1S/C31H33NO6/c1-6-37-26-17-21(12-15-25(26)33)28-27(29(34)22-8-7-9-24(16-22)38-19(4)5)30(35)31(36)32(28)23-13-10-20(11-14-23)18(2)3/h7-19,28,33-34H,6H2,1-5H3/b29-27-. The van der Waals surface area contributed by atoms with E-state index in [1.807, 2.05) is 26.0 Å². The van der Waals surface area contributed by atoms with Crippen molar-refractivity contribution < 1.29 is 29.3 Å². The quantitative estimate of drug-likeness (QED) is 0.207. The van der Waals surface area contributed by atoms with E-state index in [0.29, 0.717) is 35.1 Å². The van der Waals surface area contributed by atoms with Crippen molar-refractivity contribution in [2.75, 3.05) is 11.5 Å². The molecule has 3 aromatic carbocycles. The molecule has 1 unspecified atom stereocenters. The maximum atomic E-state index is 13.5. The van der Waals surface area contributed by atoms with E-state index in [1.165, 1.54) is 11.0 Å². The molecular formula is C31H33NO6. The Balaban J connectivity index is 1.91. The second-order valence-corrected chi connectivity index (χ2v) is 9.77. The molecule has 0 aliphatic carbocycles. The van der Waals surface area contributed by atoms with Gasteiger partial charge in [-0.15, -0.1) is 0 Å². The summed E-state index contributed by atoms with van der Waals surface area (Å²) in [4.78, 5) is 28.3. The molecule has 1 saturated heterocycles. The number of amides is 1. The van der Waals surface area contributed by atoms with E-state index in [9.17, 15) is 19.8 Å². The Morgan fingerprint density at radius 1 is 0.974 bits per heavy atom. The molecule has 7 heteroatoms. The molecule has 1 aliphatic heterocycles. The van der Waals surface area contributed by atoms with Gasteiger partial charge in [-0.3, -0.25) is 14.5 Å². The summed E-state index contributed by atoms with van der Waals surface area (Å²) in [6.07, 6.45) is -0.0826. The highest BCUT2D eigenvalue weighted by molar-refractivity contribution is 6.51. The molecule has 38 heavy (non-hydrogen) atoms. The number of rotatable bonds is 8. The number of aliphatic hydroxyl groups is 1. The fraction of sp³-hybridized carbons (Fsp3) is 0.290. The van der Waals surface area contributed by atoms with Crippen LogP contribution in [0, 0.1) is 0 Å². The molecule has 3 aromatic rings. The average Bonchev–Trinajstić information content (AvgIpc) is 3.15. The molecule has 7 nitrogen and oxygen atoms in total. The maximum absolute atomic E-state index is 13.5. The number of aromatic hydroxyl groups is 1. The van der Waals surface area contributed by atoms with Crippen molar-refractivity contribution in [3.05, 3.63) is 89.0 Å². The number of phenolic OH excluding ortho intramolecular Hbond substituents is 1. The zero-order valence-electron chi connectivity index (χ0n) is 22.3. The Morgan fingerprint density at radius 2 is 1.68 bits per heavy atom. The zero-order chi connectivity index (χ0) is 27.6. The highest BCUT2D eigenvalue weighted by Crippen LogP contribution is 2.44. The number of nitrogens with zero attached hydrogens (tertiary/aromatic N) is 1. The number of aliphatic hydroxyl groups excluding tert-OH is 1. The van der Waals surface area contributed by atoms with Gasteiger partial charge in [0, 0.05) is 11.3 Å². The minimum Gasteiger partial charge on any atom is -0.507 e. The van der Waals surface area contributed by atoms with Gasteiger partial charge in [-0.25, -0.2) is 0 Å². The topological polar surface area (TPSA) is 96.3 Å². The van der Waals surface area contributed by atoms with E-state index in [2.05, 4.69) is 13.8 Å². The lowest BCUT2D eigenvalue weighted by Gasteiger charge is -2.26. The highest BCUT2D eigenvalue weighted by atomic mass is 16.5. The number of phenols is 1. The first-order valence-electron chi connectivity index (χ1n) is 12.8. The molecule has 0 bridgehead atoms. The molecule has 4 rings (SSSR count). The lowest BCUT2D eigenvalue weighted by Crippen LogP contribution is -2.29. The van der Waals surface area contributed by atoms with Crippen LogP contribution >= 0.6 is 0 Å². The zero-order valence-corrected chi connectivity index (χ0v) is 22.3. The van der Waals surface area contributed by atoms with Crippen molar-refractivity contribution in [3.8, 4) is 17.2 Å². The van der Waals surface area contributed by atoms with Crippen LogP contribution in [-0.2, 0) is 9.59 Å². The van der Waals surface area contributed by atoms with E-state index in [0.717, 1.165) is 5.56 Å². The molecule has 198 valence electrons. The van der Waals surface area contributed by atoms with Crippen molar-refractivity contribution in [2.45, 2.75) is 52.7 Å². The van der Waals surface area contributed by atoms with E-state index < -0.39 is 17.7 Å². The second-order valence-electron chi connectivity index (χ2n) is 9.77. The van der Waals surface area contributed by atoms with Crippen LogP contribution in [0.15, 0.2) is 72.3 Å². The van der Waals surface area contributed by atoms with E-state index in [1.54, 1.807) is 55.5 Å². The molecule has 1 heterocycles. The molecule has 1 aliphatic rings. The van der Waals surface area contributed by atoms with E-state index >= 15 is 0 Å². The number of ketones is 1. The van der Waals surface area contributed by atoms with Crippen molar-refractivity contribution in [1.29, 1.82) is 0 Å². The first-order chi connectivity index (χ1) is 18.1. The van der Waals surface area contributed by atoms with Crippen molar-refractivity contribution in [1.82, 2.24) is 0 Å². The van der Waals surface area contributed by atoms with Gasteiger partial charge in [0.25, 0.3) is 11.7 Å². The predicted octanol–water partition coefficient (Wildman–Crippen LogP) is 6.33. The Hall–Kier alpha value is -4.26. The first kappa shape index (κ1) is 26.8. The number of hydrogen-bond acceptors (Lipinski definition) is 6. The Bertz CT molecular complexity index is 1370. The molecular weight excluding hydrogens is 482 g/mol. The van der Waals surface area contributed by atoms with Crippen LogP contribution in [0.5, 0.6) is 17.2 Å². The summed E-state index contributed by atoms with van der Waals surface area (Å²) < 4.78 is 11.3. The van der Waals surface area contributed by atoms with Crippen LogP contribution in [0.2, 0.25) is 0 Å².